The molecule has 1 aromatic heterocycles. The smallest absolute Gasteiger partial charge is 0.267 e. The van der Waals surface area contributed by atoms with Crippen LogP contribution < -0.4 is 9.47 Å². The van der Waals surface area contributed by atoms with Crippen molar-refractivity contribution < 1.29 is 14.3 Å². The van der Waals surface area contributed by atoms with Crippen molar-refractivity contribution in [1.29, 1.82) is 0 Å². The number of rotatable bonds is 2. The Hall–Kier alpha value is -2.57. The van der Waals surface area contributed by atoms with Crippen LogP contribution in [0, 0.1) is 0 Å². The van der Waals surface area contributed by atoms with Crippen LogP contribution in [0.3, 0.4) is 0 Å². The Kier molecular flexibility index (Phi) is 3.17. The van der Waals surface area contributed by atoms with Gasteiger partial charge in [0.2, 0.25) is 6.10 Å². The molecule has 0 spiro atoms. The monoisotopic (exact) mass is 300 g/mol. The van der Waals surface area contributed by atoms with Crippen LogP contribution >= 0.6 is 0 Å². The van der Waals surface area contributed by atoms with Crippen LogP contribution in [0.1, 0.15) is 12.5 Å². The van der Waals surface area contributed by atoms with Gasteiger partial charge in [0, 0.05) is 19.3 Å². The van der Waals surface area contributed by atoms with Crippen molar-refractivity contribution in [1.82, 2.24) is 19.9 Å². The normalized spacial score (nSPS) is 23.5. The Morgan fingerprint density at radius 3 is 2.95 bits per heavy atom. The molecule has 0 saturated carbocycles. The minimum atomic E-state index is -0.579. The van der Waals surface area contributed by atoms with Crippen LogP contribution in [0.2, 0.25) is 0 Å². The first-order valence-electron chi connectivity index (χ1n) is 7.34. The van der Waals surface area contributed by atoms with E-state index in [1.165, 1.54) is 0 Å². The number of likely N-dealkylation sites (tertiary alicyclic amines) is 1. The number of aromatic nitrogens is 3. The van der Waals surface area contributed by atoms with Crippen molar-refractivity contribution in [3.63, 3.8) is 0 Å². The molecule has 1 amide bonds. The average molecular weight is 300 g/mol. The topological polar surface area (TPSA) is 69.5 Å². The number of hydrogen-bond donors (Lipinski definition) is 0. The van der Waals surface area contributed by atoms with Gasteiger partial charge >= 0.3 is 0 Å². The molecule has 0 unspecified atom stereocenters. The minimum absolute atomic E-state index is 0.0304. The molecule has 3 heterocycles. The standard InChI is InChI=1S/C15H16N4O3/c20-15(14-10-21-12-3-1-2-4-13(12)22-14)18-7-5-11(9-18)19-8-6-16-17-19/h1-4,6,8,11,14H,5,7,9-10H2/t11-,14+/m1/s1. The molecule has 4 rings (SSSR count). The zero-order valence-electron chi connectivity index (χ0n) is 12.0. The minimum Gasteiger partial charge on any atom is -0.485 e. The molecule has 7 heteroatoms. The average Bonchev–Trinajstić information content (AvgIpc) is 3.24. The van der Waals surface area contributed by atoms with Crippen LogP contribution in [0.5, 0.6) is 11.5 Å². The number of hydrogen-bond acceptors (Lipinski definition) is 5. The molecule has 0 N–H and O–H groups in total. The van der Waals surface area contributed by atoms with E-state index in [1.807, 2.05) is 35.4 Å². The van der Waals surface area contributed by atoms with Crippen LogP contribution in [-0.2, 0) is 4.79 Å². The van der Waals surface area contributed by atoms with Gasteiger partial charge in [-0.3, -0.25) is 4.79 Å². The van der Waals surface area contributed by atoms with Gasteiger partial charge in [0.1, 0.15) is 6.61 Å². The van der Waals surface area contributed by atoms with Gasteiger partial charge < -0.3 is 14.4 Å². The lowest BCUT2D eigenvalue weighted by molar-refractivity contribution is -0.140. The Morgan fingerprint density at radius 2 is 2.14 bits per heavy atom. The molecule has 0 bridgehead atoms. The summed E-state index contributed by atoms with van der Waals surface area (Å²) >= 11 is 0. The predicted molar refractivity (Wildman–Crippen MR) is 76.6 cm³/mol. The lowest BCUT2D eigenvalue weighted by Crippen LogP contribution is -2.45. The van der Waals surface area contributed by atoms with E-state index in [0.717, 1.165) is 6.42 Å². The van der Waals surface area contributed by atoms with Crippen molar-refractivity contribution in [3.05, 3.63) is 36.7 Å². The van der Waals surface area contributed by atoms with Gasteiger partial charge in [0.25, 0.3) is 5.91 Å². The van der Waals surface area contributed by atoms with Crippen molar-refractivity contribution in [3.8, 4) is 11.5 Å². The molecule has 1 fully saturated rings. The molecule has 2 aliphatic heterocycles. The quantitative estimate of drug-likeness (QED) is 0.824. The first-order valence-corrected chi connectivity index (χ1v) is 7.34. The maximum absolute atomic E-state index is 12.6. The SMILES string of the molecule is O=C([C@@H]1COc2ccccc2O1)N1CC[C@@H](n2ccnn2)C1. The summed E-state index contributed by atoms with van der Waals surface area (Å²) in [5.74, 6) is 1.28. The number of fused-ring (bicyclic) bond motifs is 1. The molecule has 1 saturated heterocycles. The van der Waals surface area contributed by atoms with Gasteiger partial charge in [-0.2, -0.15) is 0 Å². The van der Waals surface area contributed by atoms with Gasteiger partial charge in [-0.05, 0) is 18.6 Å². The number of benzene rings is 1. The Balaban J connectivity index is 1.43. The lowest BCUT2D eigenvalue weighted by atomic mass is 10.2. The van der Waals surface area contributed by atoms with Gasteiger partial charge in [-0.25, -0.2) is 4.68 Å². The molecule has 2 aromatic rings. The summed E-state index contributed by atoms with van der Waals surface area (Å²) in [6.07, 6.45) is 3.78. The molecule has 1 aromatic carbocycles. The van der Waals surface area contributed by atoms with E-state index >= 15 is 0 Å². The number of carbonyl (C=O) groups excluding carboxylic acids is 1. The summed E-state index contributed by atoms with van der Waals surface area (Å²) in [5, 5.41) is 7.82. The van der Waals surface area contributed by atoms with Crippen molar-refractivity contribution in [2.75, 3.05) is 19.7 Å². The Labute approximate surface area is 127 Å². The van der Waals surface area contributed by atoms with Crippen molar-refractivity contribution in [2.24, 2.45) is 0 Å². The highest BCUT2D eigenvalue weighted by atomic mass is 16.6. The van der Waals surface area contributed by atoms with E-state index in [1.54, 1.807) is 10.9 Å². The van der Waals surface area contributed by atoms with Crippen LogP contribution in [0.25, 0.3) is 0 Å². The second-order valence-corrected chi connectivity index (χ2v) is 5.47. The lowest BCUT2D eigenvalue weighted by Gasteiger charge is -2.28. The summed E-state index contributed by atoms with van der Waals surface area (Å²) in [5.41, 5.74) is 0. The van der Waals surface area contributed by atoms with Crippen LogP contribution in [-0.4, -0.2) is 51.6 Å². The molecule has 0 radical (unpaired) electrons. The number of ether oxygens (including phenoxy) is 2. The maximum atomic E-state index is 12.6. The van der Waals surface area contributed by atoms with Crippen molar-refractivity contribution >= 4 is 5.91 Å². The molecule has 114 valence electrons. The fraction of sp³-hybridized carbons (Fsp3) is 0.400. The second-order valence-electron chi connectivity index (χ2n) is 5.47. The molecule has 2 aliphatic rings. The zero-order chi connectivity index (χ0) is 14.9. The highest BCUT2D eigenvalue weighted by Crippen LogP contribution is 2.32. The molecule has 0 aliphatic carbocycles. The Morgan fingerprint density at radius 1 is 1.27 bits per heavy atom. The summed E-state index contributed by atoms with van der Waals surface area (Å²) < 4.78 is 13.2. The third-order valence-corrected chi connectivity index (χ3v) is 4.07. The van der Waals surface area contributed by atoms with Gasteiger partial charge in [0.05, 0.1) is 12.2 Å². The maximum Gasteiger partial charge on any atom is 0.267 e. The van der Waals surface area contributed by atoms with E-state index in [9.17, 15) is 4.79 Å². The third-order valence-electron chi connectivity index (χ3n) is 4.07. The first-order chi connectivity index (χ1) is 10.8. The largest absolute Gasteiger partial charge is 0.485 e. The van der Waals surface area contributed by atoms with Crippen LogP contribution in [0.15, 0.2) is 36.7 Å². The van der Waals surface area contributed by atoms with Crippen LogP contribution in [0.4, 0.5) is 0 Å². The summed E-state index contributed by atoms with van der Waals surface area (Å²) in [6.45, 7) is 1.58. The van der Waals surface area contributed by atoms with Gasteiger partial charge in [-0.1, -0.05) is 17.3 Å². The number of para-hydroxylation sites is 2. The van der Waals surface area contributed by atoms with Gasteiger partial charge in [-0.15, -0.1) is 5.10 Å². The van der Waals surface area contributed by atoms with Gasteiger partial charge in [0.15, 0.2) is 11.5 Å². The molecular weight excluding hydrogens is 284 g/mol. The fourth-order valence-electron chi connectivity index (χ4n) is 2.91. The number of carbonyl (C=O) groups is 1. The second kappa shape index (κ2) is 5.32. The highest BCUT2D eigenvalue weighted by molar-refractivity contribution is 5.82. The summed E-state index contributed by atoms with van der Waals surface area (Å²) in [7, 11) is 0. The van der Waals surface area contributed by atoms with E-state index in [2.05, 4.69) is 10.3 Å². The summed E-state index contributed by atoms with van der Waals surface area (Å²) in [6, 6.07) is 7.59. The third kappa shape index (κ3) is 2.28. The molecular formula is C15H16N4O3. The number of nitrogens with zero attached hydrogens (tertiary/aromatic N) is 4. The first kappa shape index (κ1) is 13.1. The van der Waals surface area contributed by atoms with Crippen molar-refractivity contribution in [2.45, 2.75) is 18.6 Å². The summed E-state index contributed by atoms with van der Waals surface area (Å²) in [4.78, 5) is 14.4. The zero-order valence-corrected chi connectivity index (χ0v) is 12.0. The fourth-order valence-corrected chi connectivity index (χ4v) is 2.91. The Bertz CT molecular complexity index is 673. The van der Waals surface area contributed by atoms with E-state index in [-0.39, 0.29) is 18.6 Å². The number of amides is 1. The predicted octanol–water partition coefficient (Wildman–Crippen LogP) is 0.891. The highest BCUT2D eigenvalue weighted by Gasteiger charge is 2.35. The van der Waals surface area contributed by atoms with E-state index in [0.29, 0.717) is 24.6 Å². The molecule has 2 atom stereocenters. The molecule has 22 heavy (non-hydrogen) atoms. The molecule has 7 nitrogen and oxygen atoms in total. The van der Waals surface area contributed by atoms with E-state index < -0.39 is 6.10 Å². The van der Waals surface area contributed by atoms with E-state index in [4.69, 9.17) is 9.47 Å².